The molecule has 1 saturated heterocycles. The van der Waals surface area contributed by atoms with Gasteiger partial charge in [-0.3, -0.25) is 4.57 Å². The lowest BCUT2D eigenvalue weighted by Gasteiger charge is -2.23. The van der Waals surface area contributed by atoms with E-state index in [1.165, 1.54) is 0 Å². The van der Waals surface area contributed by atoms with Crippen molar-refractivity contribution in [3.63, 3.8) is 0 Å². The van der Waals surface area contributed by atoms with Crippen LogP contribution in [0.3, 0.4) is 0 Å². The summed E-state index contributed by atoms with van der Waals surface area (Å²) in [5, 5.41) is 13.0. The molecule has 0 aliphatic carbocycles. The van der Waals surface area contributed by atoms with Gasteiger partial charge in [0.05, 0.1) is 5.52 Å². The van der Waals surface area contributed by atoms with Gasteiger partial charge >= 0.3 is 5.69 Å². The van der Waals surface area contributed by atoms with Gasteiger partial charge in [-0.2, -0.15) is 0 Å². The number of phenolic OH excluding ortho intramolecular Hbond substituents is 1. The number of nitrogens with zero attached hydrogens (tertiary/aromatic N) is 1. The molecule has 3 N–H and O–H groups in total. The average Bonchev–Trinajstić information content (AvgIpc) is 2.68. The molecule has 0 saturated carbocycles. The van der Waals surface area contributed by atoms with Gasteiger partial charge in [0, 0.05) is 6.04 Å². The maximum absolute atomic E-state index is 12.0. The van der Waals surface area contributed by atoms with E-state index in [-0.39, 0.29) is 17.5 Å². The molecule has 1 aliphatic rings. The molecule has 0 atom stereocenters. The van der Waals surface area contributed by atoms with E-state index >= 15 is 0 Å². The highest BCUT2D eigenvalue weighted by molar-refractivity contribution is 5.81. The molecule has 0 spiro atoms. The zero-order valence-electron chi connectivity index (χ0n) is 9.44. The van der Waals surface area contributed by atoms with Crippen molar-refractivity contribution in [3.05, 3.63) is 28.7 Å². The van der Waals surface area contributed by atoms with Gasteiger partial charge in [0.25, 0.3) is 0 Å². The topological polar surface area (TPSA) is 70.0 Å². The van der Waals surface area contributed by atoms with Crippen LogP contribution in [0.25, 0.3) is 11.0 Å². The Morgan fingerprint density at radius 2 is 2.06 bits per heavy atom. The number of nitrogens with one attached hydrogen (secondary N) is 2. The maximum atomic E-state index is 12.0. The van der Waals surface area contributed by atoms with Gasteiger partial charge in [0.15, 0.2) is 0 Å². The van der Waals surface area contributed by atoms with Gasteiger partial charge in [-0.1, -0.05) is 6.07 Å². The number of piperidine rings is 1. The first-order chi connectivity index (χ1) is 8.27. The molecule has 1 fully saturated rings. The normalized spacial score (nSPS) is 17.6. The lowest BCUT2D eigenvalue weighted by atomic mass is 10.1. The van der Waals surface area contributed by atoms with Gasteiger partial charge < -0.3 is 15.4 Å². The van der Waals surface area contributed by atoms with Crippen molar-refractivity contribution in [1.82, 2.24) is 14.9 Å². The number of phenols is 1. The van der Waals surface area contributed by atoms with Gasteiger partial charge in [0.1, 0.15) is 11.3 Å². The van der Waals surface area contributed by atoms with Gasteiger partial charge in [-0.05, 0) is 38.1 Å². The summed E-state index contributed by atoms with van der Waals surface area (Å²) in [5.41, 5.74) is 1.20. The monoisotopic (exact) mass is 233 g/mol. The largest absolute Gasteiger partial charge is 0.506 e. The second-order valence-corrected chi connectivity index (χ2v) is 4.45. The minimum absolute atomic E-state index is 0.131. The number of H-pyrrole nitrogens is 1. The first kappa shape index (κ1) is 10.4. The van der Waals surface area contributed by atoms with Crippen molar-refractivity contribution >= 4 is 11.0 Å². The average molecular weight is 233 g/mol. The summed E-state index contributed by atoms with van der Waals surface area (Å²) >= 11 is 0. The third-order valence-corrected chi connectivity index (χ3v) is 3.40. The number of aromatic nitrogens is 2. The Bertz CT molecular complexity index is 593. The molecule has 2 heterocycles. The van der Waals surface area contributed by atoms with E-state index in [1.54, 1.807) is 16.7 Å². The van der Waals surface area contributed by atoms with Crippen molar-refractivity contribution < 1.29 is 5.11 Å². The highest BCUT2D eigenvalue weighted by atomic mass is 16.3. The lowest BCUT2D eigenvalue weighted by Crippen LogP contribution is -2.33. The molecule has 0 radical (unpaired) electrons. The molecule has 0 amide bonds. The third kappa shape index (κ3) is 1.63. The number of hydrogen-bond donors (Lipinski definition) is 3. The zero-order chi connectivity index (χ0) is 11.8. The standard InChI is InChI=1S/C12H15N3O2/c16-10-3-1-2-9-11(10)14-12(17)15(9)8-4-6-13-7-5-8/h1-3,8,13,16H,4-7H2,(H,14,17). The summed E-state index contributed by atoms with van der Waals surface area (Å²) in [6.07, 6.45) is 1.89. The highest BCUT2D eigenvalue weighted by Crippen LogP contribution is 2.26. The Morgan fingerprint density at radius 1 is 1.29 bits per heavy atom. The summed E-state index contributed by atoms with van der Waals surface area (Å²) in [6, 6.07) is 5.45. The second-order valence-electron chi connectivity index (χ2n) is 4.45. The Hall–Kier alpha value is -1.75. The Kier molecular flexibility index (Phi) is 2.40. The summed E-state index contributed by atoms with van der Waals surface area (Å²) in [6.45, 7) is 1.87. The van der Waals surface area contributed by atoms with Crippen molar-refractivity contribution in [2.45, 2.75) is 18.9 Å². The minimum Gasteiger partial charge on any atom is -0.506 e. The number of hydrogen-bond acceptors (Lipinski definition) is 3. The number of fused-ring (bicyclic) bond motifs is 1. The highest BCUT2D eigenvalue weighted by Gasteiger charge is 2.20. The van der Waals surface area contributed by atoms with Crippen molar-refractivity contribution in [3.8, 4) is 5.75 Å². The Morgan fingerprint density at radius 3 is 2.82 bits per heavy atom. The number of imidazole rings is 1. The number of aromatic hydroxyl groups is 1. The number of aromatic amines is 1. The fourth-order valence-electron chi connectivity index (χ4n) is 2.56. The minimum atomic E-state index is -0.131. The number of benzene rings is 1. The Labute approximate surface area is 98.1 Å². The van der Waals surface area contributed by atoms with Crippen molar-refractivity contribution in [2.75, 3.05) is 13.1 Å². The van der Waals surface area contributed by atoms with Crippen LogP contribution in [0.4, 0.5) is 0 Å². The van der Waals surface area contributed by atoms with E-state index in [0.29, 0.717) is 5.52 Å². The summed E-state index contributed by atoms with van der Waals surface area (Å²) in [7, 11) is 0. The molecular formula is C12H15N3O2. The van der Waals surface area contributed by atoms with Crippen molar-refractivity contribution in [2.24, 2.45) is 0 Å². The molecule has 90 valence electrons. The Balaban J connectivity index is 2.18. The third-order valence-electron chi connectivity index (χ3n) is 3.40. The lowest BCUT2D eigenvalue weighted by molar-refractivity contribution is 0.368. The quantitative estimate of drug-likeness (QED) is 0.687. The molecule has 17 heavy (non-hydrogen) atoms. The van der Waals surface area contributed by atoms with Gasteiger partial charge in [-0.25, -0.2) is 4.79 Å². The van der Waals surface area contributed by atoms with Crippen LogP contribution in [-0.4, -0.2) is 27.7 Å². The van der Waals surface area contributed by atoms with Crippen LogP contribution in [0, 0.1) is 0 Å². The number of rotatable bonds is 1. The molecular weight excluding hydrogens is 218 g/mol. The molecule has 5 heteroatoms. The molecule has 1 aliphatic heterocycles. The molecule has 3 rings (SSSR count). The van der Waals surface area contributed by atoms with Crippen LogP contribution in [0.5, 0.6) is 5.75 Å². The van der Waals surface area contributed by atoms with Gasteiger partial charge in [-0.15, -0.1) is 0 Å². The van der Waals surface area contributed by atoms with E-state index in [1.807, 2.05) is 6.07 Å². The van der Waals surface area contributed by atoms with Gasteiger partial charge in [0.2, 0.25) is 0 Å². The second kappa shape index (κ2) is 3.92. The number of para-hydroxylation sites is 1. The first-order valence-electron chi connectivity index (χ1n) is 5.90. The molecule has 1 aromatic carbocycles. The molecule has 2 aromatic rings. The summed E-state index contributed by atoms with van der Waals surface area (Å²) < 4.78 is 1.77. The van der Waals surface area contributed by atoms with E-state index in [0.717, 1.165) is 31.4 Å². The molecule has 1 aromatic heterocycles. The fourth-order valence-corrected chi connectivity index (χ4v) is 2.56. The predicted molar refractivity (Wildman–Crippen MR) is 65.4 cm³/mol. The van der Waals surface area contributed by atoms with Crippen LogP contribution in [0.1, 0.15) is 18.9 Å². The van der Waals surface area contributed by atoms with E-state index in [2.05, 4.69) is 10.3 Å². The zero-order valence-corrected chi connectivity index (χ0v) is 9.44. The van der Waals surface area contributed by atoms with Crippen LogP contribution in [0.2, 0.25) is 0 Å². The van der Waals surface area contributed by atoms with Crippen LogP contribution in [0.15, 0.2) is 23.0 Å². The van der Waals surface area contributed by atoms with Crippen molar-refractivity contribution in [1.29, 1.82) is 0 Å². The van der Waals surface area contributed by atoms with E-state index in [4.69, 9.17) is 0 Å². The first-order valence-corrected chi connectivity index (χ1v) is 5.90. The predicted octanol–water partition coefficient (Wildman–Crippen LogP) is 0.960. The molecule has 0 unspecified atom stereocenters. The van der Waals surface area contributed by atoms with Crippen LogP contribution in [-0.2, 0) is 0 Å². The SMILES string of the molecule is O=c1[nH]c2c(O)cccc2n1C1CCNCC1. The molecule has 5 nitrogen and oxygen atoms in total. The molecule has 0 bridgehead atoms. The van der Waals surface area contributed by atoms with E-state index < -0.39 is 0 Å². The maximum Gasteiger partial charge on any atom is 0.326 e. The fraction of sp³-hybridized carbons (Fsp3) is 0.417. The van der Waals surface area contributed by atoms with Crippen LogP contribution < -0.4 is 11.0 Å². The van der Waals surface area contributed by atoms with Crippen LogP contribution >= 0.6 is 0 Å². The summed E-state index contributed by atoms with van der Waals surface area (Å²) in [4.78, 5) is 14.7. The smallest absolute Gasteiger partial charge is 0.326 e. The van der Waals surface area contributed by atoms with E-state index in [9.17, 15) is 9.90 Å². The summed E-state index contributed by atoms with van der Waals surface area (Å²) in [5.74, 6) is 0.132.